The number of hydrogen-bond acceptors (Lipinski definition) is 6. The topological polar surface area (TPSA) is 105 Å². The van der Waals surface area contributed by atoms with Gasteiger partial charge in [-0.3, -0.25) is 4.79 Å². The van der Waals surface area contributed by atoms with Crippen molar-refractivity contribution in [2.45, 2.75) is 30.8 Å². The summed E-state index contributed by atoms with van der Waals surface area (Å²) < 4.78 is 18.7. The molecule has 0 bridgehead atoms. The van der Waals surface area contributed by atoms with Gasteiger partial charge in [-0.1, -0.05) is 6.07 Å². The summed E-state index contributed by atoms with van der Waals surface area (Å²) in [5, 5.41) is 30.1. The maximum Gasteiger partial charge on any atom is 0.272 e. The lowest BCUT2D eigenvalue weighted by Crippen LogP contribution is -2.43. The van der Waals surface area contributed by atoms with Gasteiger partial charge in [0.15, 0.2) is 5.69 Å². The Morgan fingerprint density at radius 3 is 2.79 bits per heavy atom. The van der Waals surface area contributed by atoms with E-state index in [9.17, 15) is 19.4 Å². The number of nitrogens with one attached hydrogen (secondary N) is 1. The highest BCUT2D eigenvalue weighted by molar-refractivity contribution is 5.92. The number of benzene rings is 1. The summed E-state index contributed by atoms with van der Waals surface area (Å²) in [7, 11) is 0. The smallest absolute Gasteiger partial charge is 0.272 e. The predicted molar refractivity (Wildman–Crippen MR) is 80.7 cm³/mol. The summed E-state index contributed by atoms with van der Waals surface area (Å²) in [6.07, 6.45) is -1.57. The lowest BCUT2D eigenvalue weighted by atomic mass is 10.2. The fraction of sp³-hybridized carbons (Fsp3) is 0.312. The van der Waals surface area contributed by atoms with Crippen molar-refractivity contribution in [3.8, 4) is 5.75 Å². The SMILES string of the molecule is O=C(N[C@@H]1C[C@@H](Oc2cccc(F)c2)[C@H](O)[C@H]1O)c1cccnn1. The van der Waals surface area contributed by atoms with Gasteiger partial charge in [-0.2, -0.15) is 5.10 Å². The Balaban J connectivity index is 1.65. The average Bonchev–Trinajstić information content (AvgIpc) is 2.84. The van der Waals surface area contributed by atoms with Crippen molar-refractivity contribution in [2.24, 2.45) is 0 Å². The molecule has 1 aromatic carbocycles. The van der Waals surface area contributed by atoms with Gasteiger partial charge in [0.05, 0.1) is 6.04 Å². The summed E-state index contributed by atoms with van der Waals surface area (Å²) >= 11 is 0. The molecule has 8 heteroatoms. The Bertz CT molecular complexity index is 715. The first-order valence-electron chi connectivity index (χ1n) is 7.41. The molecule has 1 aliphatic carbocycles. The lowest BCUT2D eigenvalue weighted by Gasteiger charge is -2.18. The van der Waals surface area contributed by atoms with Gasteiger partial charge in [0, 0.05) is 18.7 Å². The summed E-state index contributed by atoms with van der Waals surface area (Å²) in [6.45, 7) is 0. The molecular weight excluding hydrogens is 317 g/mol. The normalized spacial score (nSPS) is 26.1. The number of aliphatic hydroxyl groups excluding tert-OH is 2. The minimum Gasteiger partial charge on any atom is -0.487 e. The van der Waals surface area contributed by atoms with E-state index in [-0.39, 0.29) is 17.9 Å². The first-order valence-corrected chi connectivity index (χ1v) is 7.41. The van der Waals surface area contributed by atoms with Crippen LogP contribution in [0.25, 0.3) is 0 Å². The van der Waals surface area contributed by atoms with Gasteiger partial charge in [-0.15, -0.1) is 5.10 Å². The van der Waals surface area contributed by atoms with Crippen molar-refractivity contribution in [3.63, 3.8) is 0 Å². The second-order valence-electron chi connectivity index (χ2n) is 5.52. The molecule has 1 saturated carbocycles. The molecule has 1 aromatic heterocycles. The van der Waals surface area contributed by atoms with Gasteiger partial charge in [0.25, 0.3) is 5.91 Å². The van der Waals surface area contributed by atoms with Gasteiger partial charge in [0.1, 0.15) is 29.9 Å². The Morgan fingerprint density at radius 1 is 1.25 bits per heavy atom. The quantitative estimate of drug-likeness (QED) is 0.743. The molecule has 0 saturated heterocycles. The van der Waals surface area contributed by atoms with E-state index >= 15 is 0 Å². The van der Waals surface area contributed by atoms with Crippen LogP contribution in [0.1, 0.15) is 16.9 Å². The van der Waals surface area contributed by atoms with E-state index in [1.807, 2.05) is 0 Å². The largest absolute Gasteiger partial charge is 0.487 e. The maximum absolute atomic E-state index is 13.2. The van der Waals surface area contributed by atoms with Crippen molar-refractivity contribution < 1.29 is 24.1 Å². The van der Waals surface area contributed by atoms with E-state index in [1.165, 1.54) is 30.5 Å². The molecule has 0 spiro atoms. The molecule has 4 atom stereocenters. The average molecular weight is 333 g/mol. The standard InChI is InChI=1S/C16H16FN3O4/c17-9-3-1-4-10(7-9)24-13-8-12(14(21)15(13)22)19-16(23)11-5-2-6-18-20-11/h1-7,12-15,21-22H,8H2,(H,19,23)/t12-,13-,14+,15+/m1/s1. The van der Waals surface area contributed by atoms with Crippen LogP contribution < -0.4 is 10.1 Å². The Morgan fingerprint density at radius 2 is 2.08 bits per heavy atom. The van der Waals surface area contributed by atoms with Crippen LogP contribution in [0, 0.1) is 5.82 Å². The summed E-state index contributed by atoms with van der Waals surface area (Å²) in [4.78, 5) is 12.1. The Hall–Kier alpha value is -2.58. The number of carbonyl (C=O) groups is 1. The molecule has 3 rings (SSSR count). The van der Waals surface area contributed by atoms with Crippen LogP contribution in [0.2, 0.25) is 0 Å². The van der Waals surface area contributed by atoms with Gasteiger partial charge in [0.2, 0.25) is 0 Å². The van der Waals surface area contributed by atoms with Gasteiger partial charge < -0.3 is 20.3 Å². The summed E-state index contributed by atoms with van der Waals surface area (Å²) in [6, 6.07) is 7.83. The summed E-state index contributed by atoms with van der Waals surface area (Å²) in [5.74, 6) is -0.731. The zero-order valence-electron chi connectivity index (χ0n) is 12.5. The third-order valence-corrected chi connectivity index (χ3v) is 3.83. The number of ether oxygens (including phenoxy) is 1. The molecule has 1 heterocycles. The van der Waals surface area contributed by atoms with E-state index < -0.39 is 36.1 Å². The van der Waals surface area contributed by atoms with Gasteiger partial charge >= 0.3 is 0 Å². The van der Waals surface area contributed by atoms with Crippen LogP contribution in [0.15, 0.2) is 42.6 Å². The van der Waals surface area contributed by atoms with E-state index in [0.29, 0.717) is 0 Å². The van der Waals surface area contributed by atoms with Crippen molar-refractivity contribution in [3.05, 3.63) is 54.1 Å². The number of aromatic nitrogens is 2. The predicted octanol–water partition coefficient (Wildman–Crippen LogP) is 0.287. The molecule has 7 nitrogen and oxygen atoms in total. The van der Waals surface area contributed by atoms with Crippen LogP contribution in [-0.4, -0.2) is 50.7 Å². The van der Waals surface area contributed by atoms with Crippen molar-refractivity contribution in [2.75, 3.05) is 0 Å². The fourth-order valence-electron chi connectivity index (χ4n) is 2.63. The van der Waals surface area contributed by atoms with E-state index in [0.717, 1.165) is 0 Å². The number of carbonyl (C=O) groups excluding carboxylic acids is 1. The second-order valence-corrected chi connectivity index (χ2v) is 5.52. The third-order valence-electron chi connectivity index (χ3n) is 3.83. The molecule has 1 fully saturated rings. The molecule has 1 amide bonds. The van der Waals surface area contributed by atoms with Crippen LogP contribution in [0.4, 0.5) is 4.39 Å². The highest BCUT2D eigenvalue weighted by atomic mass is 19.1. The monoisotopic (exact) mass is 333 g/mol. The first kappa shape index (κ1) is 16.3. The van der Waals surface area contributed by atoms with E-state index in [1.54, 1.807) is 12.1 Å². The molecule has 126 valence electrons. The van der Waals surface area contributed by atoms with Crippen LogP contribution >= 0.6 is 0 Å². The van der Waals surface area contributed by atoms with E-state index in [4.69, 9.17) is 4.74 Å². The van der Waals surface area contributed by atoms with E-state index in [2.05, 4.69) is 15.5 Å². The number of nitrogens with zero attached hydrogens (tertiary/aromatic N) is 2. The molecule has 3 N–H and O–H groups in total. The molecule has 24 heavy (non-hydrogen) atoms. The molecule has 0 radical (unpaired) electrons. The first-order chi connectivity index (χ1) is 11.5. The highest BCUT2D eigenvalue weighted by Crippen LogP contribution is 2.26. The van der Waals surface area contributed by atoms with Crippen LogP contribution in [-0.2, 0) is 0 Å². The molecule has 0 aliphatic heterocycles. The minimum absolute atomic E-state index is 0.105. The number of hydrogen-bond donors (Lipinski definition) is 3. The minimum atomic E-state index is -1.21. The van der Waals surface area contributed by atoms with Crippen molar-refractivity contribution >= 4 is 5.91 Å². The summed E-state index contributed by atoms with van der Waals surface area (Å²) in [5.41, 5.74) is 0.105. The number of amides is 1. The molecule has 1 aliphatic rings. The number of aliphatic hydroxyl groups is 2. The number of halogens is 1. The van der Waals surface area contributed by atoms with Crippen LogP contribution in [0.3, 0.4) is 0 Å². The molecule has 0 unspecified atom stereocenters. The van der Waals surface area contributed by atoms with Crippen molar-refractivity contribution in [1.82, 2.24) is 15.5 Å². The number of rotatable bonds is 4. The third kappa shape index (κ3) is 3.50. The van der Waals surface area contributed by atoms with Gasteiger partial charge in [-0.25, -0.2) is 4.39 Å². The molecular formula is C16H16FN3O4. The lowest BCUT2D eigenvalue weighted by molar-refractivity contribution is -0.0135. The fourth-order valence-corrected chi connectivity index (χ4v) is 2.63. The zero-order chi connectivity index (χ0) is 17.1. The molecule has 2 aromatic rings. The maximum atomic E-state index is 13.2. The highest BCUT2D eigenvalue weighted by Gasteiger charge is 2.43. The Kier molecular flexibility index (Phi) is 4.68. The van der Waals surface area contributed by atoms with Gasteiger partial charge in [-0.05, 0) is 24.3 Å². The second kappa shape index (κ2) is 6.90. The van der Waals surface area contributed by atoms with Crippen molar-refractivity contribution in [1.29, 1.82) is 0 Å². The van der Waals surface area contributed by atoms with Crippen LogP contribution in [0.5, 0.6) is 5.75 Å². The zero-order valence-corrected chi connectivity index (χ0v) is 12.5. The Labute approximate surface area is 137 Å².